The third-order valence-corrected chi connectivity index (χ3v) is 4.53. The van der Waals surface area contributed by atoms with Crippen molar-refractivity contribution in [1.29, 1.82) is 0 Å². The van der Waals surface area contributed by atoms with E-state index in [1.165, 1.54) is 0 Å². The summed E-state index contributed by atoms with van der Waals surface area (Å²) in [4.78, 5) is 12.8. The molecule has 3 aromatic rings. The summed E-state index contributed by atoms with van der Waals surface area (Å²) in [6.07, 6.45) is 0. The van der Waals surface area contributed by atoms with Gasteiger partial charge < -0.3 is 19.2 Å². The molecule has 0 unspecified atom stereocenters. The van der Waals surface area contributed by atoms with Crippen LogP contribution in [0, 0.1) is 13.8 Å². The third kappa shape index (κ3) is 3.92. The minimum Gasteiger partial charge on any atom is -0.489 e. The van der Waals surface area contributed by atoms with Crippen LogP contribution in [0.4, 0.5) is 5.69 Å². The van der Waals surface area contributed by atoms with Gasteiger partial charge in [-0.05, 0) is 49.7 Å². The predicted molar refractivity (Wildman–Crippen MR) is 105 cm³/mol. The highest BCUT2D eigenvalue weighted by Gasteiger charge is 2.19. The molecule has 0 atom stereocenters. The summed E-state index contributed by atoms with van der Waals surface area (Å²) >= 11 is 3.44. The zero-order valence-corrected chi connectivity index (χ0v) is 16.5. The van der Waals surface area contributed by atoms with E-state index in [-0.39, 0.29) is 5.91 Å². The number of carbonyl (C=O) groups excluding carboxylic acids is 1. The number of anilines is 1. The Morgan fingerprint density at radius 1 is 1.15 bits per heavy atom. The lowest BCUT2D eigenvalue weighted by molar-refractivity contribution is 0.0997. The standard InChI is InChI=1S/C20H20BrNO4/c1-12-4-6-16(18(10-12)25-9-8-24-3)22-20(23)19-13(2)15-11-14(21)5-7-17(15)26-19/h4-7,10-11H,8-9H2,1-3H3,(H,22,23). The molecule has 5 nitrogen and oxygen atoms in total. The van der Waals surface area contributed by atoms with Gasteiger partial charge in [0.05, 0.1) is 12.3 Å². The van der Waals surface area contributed by atoms with Crippen molar-refractivity contribution < 1.29 is 18.7 Å². The molecule has 3 rings (SSSR count). The Hall–Kier alpha value is -2.31. The number of fused-ring (bicyclic) bond motifs is 1. The highest BCUT2D eigenvalue weighted by Crippen LogP contribution is 2.30. The molecule has 2 aromatic carbocycles. The van der Waals surface area contributed by atoms with Crippen molar-refractivity contribution in [2.75, 3.05) is 25.6 Å². The lowest BCUT2D eigenvalue weighted by atomic mass is 10.1. The number of nitrogens with one attached hydrogen (secondary N) is 1. The van der Waals surface area contributed by atoms with Crippen LogP contribution in [-0.4, -0.2) is 26.2 Å². The first kappa shape index (κ1) is 18.5. The van der Waals surface area contributed by atoms with Crippen LogP contribution in [0.2, 0.25) is 0 Å². The van der Waals surface area contributed by atoms with Crippen LogP contribution in [0.5, 0.6) is 5.75 Å². The van der Waals surface area contributed by atoms with E-state index in [1.807, 2.05) is 50.2 Å². The molecule has 0 aliphatic rings. The number of ether oxygens (including phenoxy) is 2. The number of halogens is 1. The van der Waals surface area contributed by atoms with Gasteiger partial charge in [0.15, 0.2) is 5.76 Å². The van der Waals surface area contributed by atoms with E-state index in [0.717, 1.165) is 21.0 Å². The van der Waals surface area contributed by atoms with E-state index < -0.39 is 0 Å². The average molecular weight is 418 g/mol. The second-order valence-electron chi connectivity index (χ2n) is 5.99. The number of aryl methyl sites for hydroxylation is 2. The highest BCUT2D eigenvalue weighted by atomic mass is 79.9. The van der Waals surface area contributed by atoms with Gasteiger partial charge in [0.25, 0.3) is 5.91 Å². The summed E-state index contributed by atoms with van der Waals surface area (Å²) in [5.74, 6) is 0.587. The monoisotopic (exact) mass is 417 g/mol. The Bertz CT molecular complexity index is 948. The summed E-state index contributed by atoms with van der Waals surface area (Å²) in [6.45, 7) is 4.72. The van der Waals surface area contributed by atoms with Crippen LogP contribution in [0.25, 0.3) is 11.0 Å². The number of rotatable bonds is 6. The maximum absolute atomic E-state index is 12.8. The molecule has 136 valence electrons. The van der Waals surface area contributed by atoms with Crippen molar-refractivity contribution in [3.8, 4) is 5.75 Å². The number of amides is 1. The number of carbonyl (C=O) groups is 1. The van der Waals surface area contributed by atoms with Crippen molar-refractivity contribution in [1.82, 2.24) is 0 Å². The maximum atomic E-state index is 12.8. The predicted octanol–water partition coefficient (Wildman–Crippen LogP) is 5.09. The molecule has 0 spiro atoms. The van der Waals surface area contributed by atoms with E-state index in [2.05, 4.69) is 21.2 Å². The van der Waals surface area contributed by atoms with Gasteiger partial charge in [0.1, 0.15) is 17.9 Å². The van der Waals surface area contributed by atoms with Gasteiger partial charge >= 0.3 is 0 Å². The Morgan fingerprint density at radius 2 is 1.96 bits per heavy atom. The number of methoxy groups -OCH3 is 1. The molecule has 0 bridgehead atoms. The smallest absolute Gasteiger partial charge is 0.291 e. The van der Waals surface area contributed by atoms with E-state index in [4.69, 9.17) is 13.9 Å². The molecule has 1 aromatic heterocycles. The fourth-order valence-electron chi connectivity index (χ4n) is 2.68. The van der Waals surface area contributed by atoms with E-state index in [0.29, 0.717) is 36.0 Å². The van der Waals surface area contributed by atoms with Gasteiger partial charge in [0.2, 0.25) is 0 Å². The quantitative estimate of drug-likeness (QED) is 0.567. The molecular formula is C20H20BrNO4. The number of benzene rings is 2. The largest absolute Gasteiger partial charge is 0.489 e. The van der Waals surface area contributed by atoms with Gasteiger partial charge in [-0.2, -0.15) is 0 Å². The number of furan rings is 1. The molecule has 1 amide bonds. The van der Waals surface area contributed by atoms with Crippen LogP contribution in [-0.2, 0) is 4.74 Å². The molecule has 0 aliphatic carbocycles. The normalized spacial score (nSPS) is 10.9. The lowest BCUT2D eigenvalue weighted by Gasteiger charge is -2.13. The fourth-order valence-corrected chi connectivity index (χ4v) is 3.04. The van der Waals surface area contributed by atoms with Crippen molar-refractivity contribution >= 4 is 38.5 Å². The van der Waals surface area contributed by atoms with Crippen LogP contribution in [0.3, 0.4) is 0 Å². The summed E-state index contributed by atoms with van der Waals surface area (Å²) < 4.78 is 17.4. The van der Waals surface area contributed by atoms with Crippen molar-refractivity contribution in [3.05, 3.63) is 57.8 Å². The van der Waals surface area contributed by atoms with Gasteiger partial charge in [-0.25, -0.2) is 0 Å². The fraction of sp³-hybridized carbons (Fsp3) is 0.250. The molecule has 0 aliphatic heterocycles. The van der Waals surface area contributed by atoms with Gasteiger partial charge in [-0.1, -0.05) is 22.0 Å². The first-order valence-corrected chi connectivity index (χ1v) is 9.01. The second-order valence-corrected chi connectivity index (χ2v) is 6.91. The van der Waals surface area contributed by atoms with Gasteiger partial charge in [-0.15, -0.1) is 0 Å². The summed E-state index contributed by atoms with van der Waals surface area (Å²) in [5, 5.41) is 3.79. The SMILES string of the molecule is COCCOc1cc(C)ccc1NC(=O)c1oc2ccc(Br)cc2c1C. The molecule has 1 heterocycles. The Labute approximate surface area is 160 Å². The minimum absolute atomic E-state index is 0.293. The first-order chi connectivity index (χ1) is 12.5. The summed E-state index contributed by atoms with van der Waals surface area (Å²) in [6, 6.07) is 11.3. The number of hydrogen-bond donors (Lipinski definition) is 1. The Morgan fingerprint density at radius 3 is 2.73 bits per heavy atom. The molecule has 0 fully saturated rings. The van der Waals surface area contributed by atoms with Crippen LogP contribution >= 0.6 is 15.9 Å². The molecular weight excluding hydrogens is 398 g/mol. The molecule has 6 heteroatoms. The van der Waals surface area contributed by atoms with Gasteiger partial charge in [-0.3, -0.25) is 4.79 Å². The van der Waals surface area contributed by atoms with Crippen molar-refractivity contribution in [3.63, 3.8) is 0 Å². The maximum Gasteiger partial charge on any atom is 0.291 e. The first-order valence-electron chi connectivity index (χ1n) is 8.22. The van der Waals surface area contributed by atoms with Crippen LogP contribution in [0.1, 0.15) is 21.7 Å². The van der Waals surface area contributed by atoms with E-state index in [1.54, 1.807) is 7.11 Å². The lowest BCUT2D eigenvalue weighted by Crippen LogP contribution is -2.14. The van der Waals surface area contributed by atoms with E-state index >= 15 is 0 Å². The van der Waals surface area contributed by atoms with Crippen molar-refractivity contribution in [2.24, 2.45) is 0 Å². The third-order valence-electron chi connectivity index (χ3n) is 4.03. The Kier molecular flexibility index (Phi) is 5.64. The molecule has 0 saturated heterocycles. The topological polar surface area (TPSA) is 60.7 Å². The van der Waals surface area contributed by atoms with Gasteiger partial charge in [0, 0.05) is 22.5 Å². The highest BCUT2D eigenvalue weighted by molar-refractivity contribution is 9.10. The van der Waals surface area contributed by atoms with Crippen LogP contribution < -0.4 is 10.1 Å². The second kappa shape index (κ2) is 7.93. The average Bonchev–Trinajstić information content (AvgIpc) is 2.94. The molecule has 0 radical (unpaired) electrons. The Balaban J connectivity index is 1.87. The molecule has 0 saturated carbocycles. The van der Waals surface area contributed by atoms with E-state index in [9.17, 15) is 4.79 Å². The zero-order chi connectivity index (χ0) is 18.7. The minimum atomic E-state index is -0.310. The number of hydrogen-bond acceptors (Lipinski definition) is 4. The van der Waals surface area contributed by atoms with Crippen LogP contribution in [0.15, 0.2) is 45.3 Å². The van der Waals surface area contributed by atoms with Crippen molar-refractivity contribution in [2.45, 2.75) is 13.8 Å². The summed E-state index contributed by atoms with van der Waals surface area (Å²) in [7, 11) is 1.62. The summed E-state index contributed by atoms with van der Waals surface area (Å²) in [5.41, 5.74) is 3.11. The zero-order valence-electron chi connectivity index (χ0n) is 14.9. The molecule has 1 N–H and O–H groups in total. The molecule has 26 heavy (non-hydrogen) atoms.